The number of carbonyl (C=O) groups excluding carboxylic acids is 1. The van der Waals surface area contributed by atoms with Gasteiger partial charge in [0.1, 0.15) is 5.82 Å². The Hall–Kier alpha value is -3.14. The number of fused-ring (bicyclic) bond motifs is 1. The van der Waals surface area contributed by atoms with E-state index >= 15 is 0 Å². The number of benzene rings is 2. The van der Waals surface area contributed by atoms with Gasteiger partial charge in [-0.2, -0.15) is 0 Å². The van der Waals surface area contributed by atoms with Gasteiger partial charge in [-0.3, -0.25) is 4.79 Å². The summed E-state index contributed by atoms with van der Waals surface area (Å²) in [5.41, 5.74) is 6.38. The molecule has 1 N–H and O–H groups in total. The zero-order valence-electron chi connectivity index (χ0n) is 15.7. The van der Waals surface area contributed by atoms with Gasteiger partial charge in [0.25, 0.3) is 5.91 Å². The molecule has 27 heavy (non-hydrogen) atoms. The average molecular weight is 357 g/mol. The molecule has 4 heteroatoms. The molecule has 0 saturated heterocycles. The lowest BCUT2D eigenvalue weighted by atomic mass is 9.99. The molecule has 2 heterocycles. The van der Waals surface area contributed by atoms with Gasteiger partial charge in [-0.15, -0.1) is 0 Å². The van der Waals surface area contributed by atoms with Gasteiger partial charge in [-0.1, -0.05) is 36.4 Å². The van der Waals surface area contributed by atoms with E-state index in [9.17, 15) is 4.79 Å². The van der Waals surface area contributed by atoms with Crippen LogP contribution in [0.4, 0.5) is 11.5 Å². The summed E-state index contributed by atoms with van der Waals surface area (Å²) in [6.45, 7) is 5.71. The van der Waals surface area contributed by atoms with E-state index < -0.39 is 0 Å². The van der Waals surface area contributed by atoms with E-state index in [1.807, 2.05) is 44.2 Å². The second-order valence-electron chi connectivity index (χ2n) is 7.02. The zero-order chi connectivity index (χ0) is 18.8. The van der Waals surface area contributed by atoms with Crippen molar-refractivity contribution < 1.29 is 4.79 Å². The molecule has 0 fully saturated rings. The lowest BCUT2D eigenvalue weighted by molar-refractivity contribution is 0.102. The maximum Gasteiger partial charge on any atom is 0.259 e. The normalized spacial score (nSPS) is 13.2. The standard InChI is InChI=1S/C23H23N3O/c1-16-7-5-11-21(17(16)2)25-23(27)20-10-6-13-24-22(20)26-14-12-18-8-3-4-9-19(18)15-26/h3-11,13H,12,14-15H2,1-2H3,(H,25,27). The largest absolute Gasteiger partial charge is 0.351 e. The van der Waals surface area contributed by atoms with Crippen LogP contribution in [0.3, 0.4) is 0 Å². The Morgan fingerprint density at radius 2 is 1.81 bits per heavy atom. The molecule has 2 aromatic carbocycles. The number of amides is 1. The van der Waals surface area contributed by atoms with Gasteiger partial charge < -0.3 is 10.2 Å². The third-order valence-electron chi connectivity index (χ3n) is 5.31. The highest BCUT2D eigenvalue weighted by molar-refractivity contribution is 6.08. The first kappa shape index (κ1) is 17.3. The van der Waals surface area contributed by atoms with Gasteiger partial charge in [-0.25, -0.2) is 4.98 Å². The van der Waals surface area contributed by atoms with Crippen LogP contribution in [0.1, 0.15) is 32.6 Å². The minimum absolute atomic E-state index is 0.120. The molecule has 0 radical (unpaired) electrons. The molecule has 1 amide bonds. The molecule has 1 aliphatic heterocycles. The van der Waals surface area contributed by atoms with E-state index in [4.69, 9.17) is 0 Å². The van der Waals surface area contributed by atoms with Crippen LogP contribution in [0.15, 0.2) is 60.8 Å². The fourth-order valence-electron chi connectivity index (χ4n) is 3.58. The van der Waals surface area contributed by atoms with Crippen LogP contribution < -0.4 is 10.2 Å². The lowest BCUT2D eigenvalue weighted by Crippen LogP contribution is -2.32. The quantitative estimate of drug-likeness (QED) is 0.750. The van der Waals surface area contributed by atoms with Crippen molar-refractivity contribution in [3.05, 3.63) is 88.6 Å². The molecule has 0 bridgehead atoms. The molecule has 4 nitrogen and oxygen atoms in total. The molecule has 0 aliphatic carbocycles. The van der Waals surface area contributed by atoms with Crippen LogP contribution in [0, 0.1) is 13.8 Å². The summed E-state index contributed by atoms with van der Waals surface area (Å²) >= 11 is 0. The number of hydrogen-bond donors (Lipinski definition) is 1. The second-order valence-corrected chi connectivity index (χ2v) is 7.02. The minimum Gasteiger partial charge on any atom is -0.351 e. The maximum absolute atomic E-state index is 13.0. The van der Waals surface area contributed by atoms with Gasteiger partial charge in [0, 0.05) is 25.0 Å². The van der Waals surface area contributed by atoms with E-state index in [-0.39, 0.29) is 5.91 Å². The maximum atomic E-state index is 13.0. The van der Waals surface area contributed by atoms with Crippen molar-refractivity contribution in [1.29, 1.82) is 0 Å². The predicted octanol–water partition coefficient (Wildman–Crippen LogP) is 4.51. The Morgan fingerprint density at radius 3 is 2.67 bits per heavy atom. The first-order chi connectivity index (χ1) is 13.1. The highest BCUT2D eigenvalue weighted by Gasteiger charge is 2.22. The SMILES string of the molecule is Cc1cccc(NC(=O)c2cccnc2N2CCc3ccccc3C2)c1C. The summed E-state index contributed by atoms with van der Waals surface area (Å²) in [6.07, 6.45) is 2.72. The van der Waals surface area contributed by atoms with Crippen molar-refractivity contribution in [3.63, 3.8) is 0 Å². The first-order valence-electron chi connectivity index (χ1n) is 9.28. The third-order valence-corrected chi connectivity index (χ3v) is 5.31. The minimum atomic E-state index is -0.120. The number of pyridine rings is 1. The van der Waals surface area contributed by atoms with Crippen molar-refractivity contribution in [2.24, 2.45) is 0 Å². The van der Waals surface area contributed by atoms with Gasteiger partial charge in [-0.05, 0) is 60.7 Å². The Bertz CT molecular complexity index is 996. The highest BCUT2D eigenvalue weighted by Crippen LogP contribution is 2.27. The summed E-state index contributed by atoms with van der Waals surface area (Å²) in [7, 11) is 0. The van der Waals surface area contributed by atoms with E-state index in [1.54, 1.807) is 6.20 Å². The van der Waals surface area contributed by atoms with Crippen LogP contribution in [0.2, 0.25) is 0 Å². The number of aromatic nitrogens is 1. The van der Waals surface area contributed by atoms with Crippen molar-refractivity contribution in [2.75, 3.05) is 16.8 Å². The molecule has 136 valence electrons. The molecular weight excluding hydrogens is 334 g/mol. The van der Waals surface area contributed by atoms with Crippen molar-refractivity contribution in [3.8, 4) is 0 Å². The Morgan fingerprint density at radius 1 is 1.00 bits per heavy atom. The second kappa shape index (κ2) is 7.23. The van der Waals surface area contributed by atoms with Crippen molar-refractivity contribution >= 4 is 17.4 Å². The van der Waals surface area contributed by atoms with Crippen molar-refractivity contribution in [1.82, 2.24) is 4.98 Å². The Labute approximate surface area is 159 Å². The van der Waals surface area contributed by atoms with E-state index in [2.05, 4.69) is 39.5 Å². The number of nitrogens with one attached hydrogen (secondary N) is 1. The number of carbonyl (C=O) groups is 1. The van der Waals surface area contributed by atoms with Crippen LogP contribution in [-0.4, -0.2) is 17.4 Å². The van der Waals surface area contributed by atoms with Gasteiger partial charge in [0.05, 0.1) is 5.56 Å². The van der Waals surface area contributed by atoms with Gasteiger partial charge in [0.2, 0.25) is 0 Å². The molecule has 0 saturated carbocycles. The summed E-state index contributed by atoms with van der Waals surface area (Å²) in [5.74, 6) is 0.625. The molecule has 0 unspecified atom stereocenters. The molecule has 1 aromatic heterocycles. The molecule has 0 atom stereocenters. The number of hydrogen-bond acceptors (Lipinski definition) is 3. The van der Waals surface area contributed by atoms with Crippen LogP contribution in [0.25, 0.3) is 0 Å². The van der Waals surface area contributed by atoms with Crippen LogP contribution >= 0.6 is 0 Å². The Balaban J connectivity index is 1.62. The van der Waals surface area contributed by atoms with Crippen molar-refractivity contribution in [2.45, 2.75) is 26.8 Å². The van der Waals surface area contributed by atoms with E-state index in [1.165, 1.54) is 11.1 Å². The number of anilines is 2. The monoisotopic (exact) mass is 357 g/mol. The Kier molecular flexibility index (Phi) is 4.63. The van der Waals surface area contributed by atoms with Crippen LogP contribution in [0.5, 0.6) is 0 Å². The summed E-state index contributed by atoms with van der Waals surface area (Å²) in [4.78, 5) is 19.7. The molecule has 0 spiro atoms. The van der Waals surface area contributed by atoms with Gasteiger partial charge in [0.15, 0.2) is 0 Å². The highest BCUT2D eigenvalue weighted by atomic mass is 16.1. The summed E-state index contributed by atoms with van der Waals surface area (Å²) < 4.78 is 0. The van der Waals surface area contributed by atoms with E-state index in [0.717, 1.165) is 42.1 Å². The van der Waals surface area contributed by atoms with Crippen LogP contribution in [-0.2, 0) is 13.0 Å². The smallest absolute Gasteiger partial charge is 0.259 e. The van der Waals surface area contributed by atoms with Gasteiger partial charge >= 0.3 is 0 Å². The fourth-order valence-corrected chi connectivity index (χ4v) is 3.58. The van der Waals surface area contributed by atoms with E-state index in [0.29, 0.717) is 5.56 Å². The number of aryl methyl sites for hydroxylation is 1. The number of rotatable bonds is 3. The third kappa shape index (κ3) is 3.43. The molecular formula is C23H23N3O. The zero-order valence-corrected chi connectivity index (χ0v) is 15.7. The predicted molar refractivity (Wildman–Crippen MR) is 109 cm³/mol. The lowest BCUT2D eigenvalue weighted by Gasteiger charge is -2.30. The number of nitrogens with zero attached hydrogens (tertiary/aromatic N) is 2. The first-order valence-corrected chi connectivity index (χ1v) is 9.28. The average Bonchev–Trinajstić information content (AvgIpc) is 2.71. The topological polar surface area (TPSA) is 45.2 Å². The fraction of sp³-hybridized carbons (Fsp3) is 0.217. The molecule has 4 rings (SSSR count). The summed E-state index contributed by atoms with van der Waals surface area (Å²) in [6, 6.07) is 18.1. The summed E-state index contributed by atoms with van der Waals surface area (Å²) in [5, 5.41) is 3.06. The molecule has 3 aromatic rings. The molecule has 1 aliphatic rings.